The van der Waals surface area contributed by atoms with Gasteiger partial charge in [0.1, 0.15) is 5.82 Å². The molecule has 1 atom stereocenters. The number of carbonyl (C=O) groups excluding carboxylic acids is 1. The van der Waals surface area contributed by atoms with Crippen LogP contribution >= 0.6 is 0 Å². The van der Waals surface area contributed by atoms with E-state index in [1.807, 2.05) is 30.3 Å². The monoisotopic (exact) mass is 315 g/mol. The second kappa shape index (κ2) is 9.06. The van der Waals surface area contributed by atoms with Gasteiger partial charge in [-0.05, 0) is 37.1 Å². The number of nitrogens with two attached hydrogens (primary N) is 1. The van der Waals surface area contributed by atoms with E-state index in [2.05, 4.69) is 17.6 Å². The first kappa shape index (κ1) is 17.2. The number of carbonyl (C=O) groups is 1. The fourth-order valence-corrected chi connectivity index (χ4v) is 2.49. The molecule has 122 valence electrons. The van der Waals surface area contributed by atoms with Gasteiger partial charge in [0.25, 0.3) is 5.91 Å². The lowest BCUT2D eigenvalue weighted by Gasteiger charge is -2.16. The zero-order valence-corrected chi connectivity index (χ0v) is 13.5. The molecule has 0 unspecified atom stereocenters. The van der Waals surface area contributed by atoms with Crippen LogP contribution in [0.5, 0.6) is 0 Å². The lowest BCUT2D eigenvalue weighted by Crippen LogP contribution is -2.87. The number of benzene rings is 2. The highest BCUT2D eigenvalue weighted by Gasteiger charge is 2.23. The van der Waals surface area contributed by atoms with E-state index in [1.165, 1.54) is 12.1 Å². The van der Waals surface area contributed by atoms with Gasteiger partial charge in [-0.2, -0.15) is 0 Å². The fourth-order valence-electron chi connectivity index (χ4n) is 2.49. The predicted molar refractivity (Wildman–Crippen MR) is 90.5 cm³/mol. The van der Waals surface area contributed by atoms with Gasteiger partial charge in [0.15, 0.2) is 6.04 Å². The van der Waals surface area contributed by atoms with Gasteiger partial charge in [0.2, 0.25) is 0 Å². The minimum Gasteiger partial charge on any atom is -0.332 e. The number of rotatable bonds is 8. The van der Waals surface area contributed by atoms with Crippen LogP contribution in [0.3, 0.4) is 0 Å². The van der Waals surface area contributed by atoms with Gasteiger partial charge in [0, 0.05) is 11.3 Å². The first-order chi connectivity index (χ1) is 11.2. The van der Waals surface area contributed by atoms with Crippen molar-refractivity contribution in [2.24, 2.45) is 0 Å². The zero-order chi connectivity index (χ0) is 16.5. The zero-order valence-electron chi connectivity index (χ0n) is 13.5. The van der Waals surface area contributed by atoms with Crippen molar-refractivity contribution in [2.45, 2.75) is 32.2 Å². The Bertz CT molecular complexity index is 599. The third-order valence-corrected chi connectivity index (χ3v) is 3.76. The number of nitrogens with one attached hydrogen (secondary N) is 1. The molecule has 0 aliphatic carbocycles. The Morgan fingerprint density at radius 2 is 1.78 bits per heavy atom. The topological polar surface area (TPSA) is 45.7 Å². The van der Waals surface area contributed by atoms with Crippen molar-refractivity contribution in [3.05, 3.63) is 66.0 Å². The van der Waals surface area contributed by atoms with E-state index in [9.17, 15) is 9.18 Å². The highest BCUT2D eigenvalue weighted by Crippen LogP contribution is 2.13. The van der Waals surface area contributed by atoms with Crippen molar-refractivity contribution in [1.82, 2.24) is 0 Å². The minimum atomic E-state index is -0.311. The quantitative estimate of drug-likeness (QED) is 0.722. The average Bonchev–Trinajstić information content (AvgIpc) is 2.58. The Labute approximate surface area is 136 Å². The van der Waals surface area contributed by atoms with Crippen LogP contribution in [0.15, 0.2) is 54.6 Å². The summed E-state index contributed by atoms with van der Waals surface area (Å²) in [6.45, 7) is 3.07. The molecule has 0 bridgehead atoms. The molecule has 1 amide bonds. The summed E-state index contributed by atoms with van der Waals surface area (Å²) >= 11 is 0. The van der Waals surface area contributed by atoms with E-state index < -0.39 is 0 Å². The molecule has 2 aromatic carbocycles. The molecule has 3 N–H and O–H groups in total. The molecule has 3 nitrogen and oxygen atoms in total. The van der Waals surface area contributed by atoms with E-state index in [-0.39, 0.29) is 17.8 Å². The molecule has 0 heterocycles. The molecule has 0 aromatic heterocycles. The first-order valence-electron chi connectivity index (χ1n) is 8.15. The Hall–Kier alpha value is -2.20. The number of quaternary nitrogens is 1. The maximum absolute atomic E-state index is 13.0. The molecule has 23 heavy (non-hydrogen) atoms. The van der Waals surface area contributed by atoms with Crippen LogP contribution < -0.4 is 10.6 Å². The van der Waals surface area contributed by atoms with Crippen molar-refractivity contribution in [1.29, 1.82) is 0 Å². The fraction of sp³-hybridized carbons (Fsp3) is 0.316. The van der Waals surface area contributed by atoms with Crippen LogP contribution in [0.1, 0.15) is 37.8 Å². The van der Waals surface area contributed by atoms with E-state index in [1.54, 1.807) is 12.1 Å². The van der Waals surface area contributed by atoms with Crippen LogP contribution in [0.2, 0.25) is 0 Å². The molecule has 0 radical (unpaired) electrons. The van der Waals surface area contributed by atoms with Crippen molar-refractivity contribution < 1.29 is 14.5 Å². The lowest BCUT2D eigenvalue weighted by molar-refractivity contribution is -0.682. The summed E-state index contributed by atoms with van der Waals surface area (Å²) in [5, 5.41) is 4.95. The van der Waals surface area contributed by atoms with Crippen LogP contribution in [-0.2, 0) is 4.79 Å². The molecule has 0 aliphatic rings. The van der Waals surface area contributed by atoms with E-state index in [0.29, 0.717) is 5.69 Å². The second-order valence-corrected chi connectivity index (χ2v) is 5.62. The summed E-state index contributed by atoms with van der Waals surface area (Å²) < 4.78 is 13.0. The number of unbranched alkanes of at least 4 members (excludes halogenated alkanes) is 2. The van der Waals surface area contributed by atoms with E-state index in [0.717, 1.165) is 31.4 Å². The van der Waals surface area contributed by atoms with Gasteiger partial charge in [-0.15, -0.1) is 0 Å². The lowest BCUT2D eigenvalue weighted by atomic mass is 10.1. The second-order valence-electron chi connectivity index (χ2n) is 5.62. The molecule has 0 aliphatic heterocycles. The Morgan fingerprint density at radius 3 is 2.43 bits per heavy atom. The maximum Gasteiger partial charge on any atom is 0.287 e. The standard InChI is InChI=1S/C19H23FN2O/c1-2-3-7-14-21-18(15-8-5-4-6-9-15)19(23)22-17-12-10-16(20)11-13-17/h4-6,8-13,18,21H,2-3,7,14H2,1H3,(H,22,23)/p+1/t18-/m1/s1. The summed E-state index contributed by atoms with van der Waals surface area (Å²) in [5.41, 5.74) is 1.59. The number of amides is 1. The van der Waals surface area contributed by atoms with Gasteiger partial charge in [0.05, 0.1) is 6.54 Å². The first-order valence-corrected chi connectivity index (χ1v) is 8.15. The molecule has 0 saturated heterocycles. The van der Waals surface area contributed by atoms with Crippen LogP contribution in [0.25, 0.3) is 0 Å². The third kappa shape index (κ3) is 5.49. The molecule has 0 spiro atoms. The Balaban J connectivity index is 2.05. The number of anilines is 1. The maximum atomic E-state index is 13.0. The van der Waals surface area contributed by atoms with Crippen molar-refractivity contribution in [2.75, 3.05) is 11.9 Å². The summed E-state index contributed by atoms with van der Waals surface area (Å²) in [5.74, 6) is -0.395. The smallest absolute Gasteiger partial charge is 0.287 e. The van der Waals surface area contributed by atoms with E-state index >= 15 is 0 Å². The van der Waals surface area contributed by atoms with Gasteiger partial charge in [-0.25, -0.2) is 4.39 Å². The number of hydrogen-bond acceptors (Lipinski definition) is 1. The van der Waals surface area contributed by atoms with Crippen molar-refractivity contribution >= 4 is 11.6 Å². The minimum absolute atomic E-state index is 0.0840. The van der Waals surface area contributed by atoms with Crippen molar-refractivity contribution in [3.8, 4) is 0 Å². The van der Waals surface area contributed by atoms with Gasteiger partial charge < -0.3 is 10.6 Å². The van der Waals surface area contributed by atoms with Crippen LogP contribution in [0.4, 0.5) is 10.1 Å². The average molecular weight is 315 g/mol. The molecule has 2 rings (SSSR count). The summed E-state index contributed by atoms with van der Waals surface area (Å²) in [6.07, 6.45) is 3.41. The molecular formula is C19H24FN2O+. The molecule has 0 saturated carbocycles. The largest absolute Gasteiger partial charge is 0.332 e. The highest BCUT2D eigenvalue weighted by molar-refractivity contribution is 5.94. The molecule has 2 aromatic rings. The van der Waals surface area contributed by atoms with Crippen LogP contribution in [-0.4, -0.2) is 12.5 Å². The summed E-state index contributed by atoms with van der Waals surface area (Å²) in [7, 11) is 0. The predicted octanol–water partition coefficient (Wildman–Crippen LogP) is 3.26. The number of halogens is 1. The molecular weight excluding hydrogens is 291 g/mol. The van der Waals surface area contributed by atoms with Gasteiger partial charge >= 0.3 is 0 Å². The number of hydrogen-bond donors (Lipinski definition) is 2. The van der Waals surface area contributed by atoms with Gasteiger partial charge in [-0.3, -0.25) is 4.79 Å². The summed E-state index contributed by atoms with van der Waals surface area (Å²) in [6, 6.07) is 15.3. The summed E-state index contributed by atoms with van der Waals surface area (Å²) in [4.78, 5) is 12.6. The Morgan fingerprint density at radius 1 is 1.09 bits per heavy atom. The Kier molecular flexibility index (Phi) is 6.76. The third-order valence-electron chi connectivity index (χ3n) is 3.76. The molecule has 4 heteroatoms. The van der Waals surface area contributed by atoms with Gasteiger partial charge in [-0.1, -0.05) is 43.7 Å². The van der Waals surface area contributed by atoms with Crippen LogP contribution in [0, 0.1) is 5.82 Å². The normalized spacial score (nSPS) is 11.9. The highest BCUT2D eigenvalue weighted by atomic mass is 19.1. The van der Waals surface area contributed by atoms with Crippen molar-refractivity contribution in [3.63, 3.8) is 0 Å². The van der Waals surface area contributed by atoms with E-state index in [4.69, 9.17) is 0 Å². The molecule has 0 fully saturated rings. The SMILES string of the molecule is CCCCC[NH2+][C@@H](C(=O)Nc1ccc(F)cc1)c1ccccc1.